The number of rotatable bonds is 5. The normalized spacial score (nSPS) is 21.1. The van der Waals surface area contributed by atoms with E-state index in [1.165, 1.54) is 12.1 Å². The van der Waals surface area contributed by atoms with E-state index >= 15 is 0 Å². The third kappa shape index (κ3) is 5.18. The fraction of sp³-hybridized carbons (Fsp3) is 0.480. The van der Waals surface area contributed by atoms with Crippen LogP contribution in [0.25, 0.3) is 0 Å². The van der Waals surface area contributed by atoms with Crippen molar-refractivity contribution in [1.29, 1.82) is 0 Å². The fourth-order valence-corrected chi connectivity index (χ4v) is 4.58. The summed E-state index contributed by atoms with van der Waals surface area (Å²) in [5.41, 5.74) is 1.73. The van der Waals surface area contributed by atoms with Gasteiger partial charge in [-0.25, -0.2) is 4.39 Å². The first kappa shape index (κ1) is 21.6. The maximum Gasteiger partial charge on any atom is 0.223 e. The number of carbonyl (C=O) groups excluding carboxylic acids is 1. The first-order valence-electron chi connectivity index (χ1n) is 11.0. The van der Waals surface area contributed by atoms with E-state index < -0.39 is 0 Å². The van der Waals surface area contributed by atoms with Crippen LogP contribution >= 0.6 is 0 Å². The van der Waals surface area contributed by atoms with Gasteiger partial charge >= 0.3 is 0 Å². The lowest BCUT2D eigenvalue weighted by atomic mass is 9.88. The Morgan fingerprint density at radius 3 is 2.58 bits per heavy atom. The highest BCUT2D eigenvalue weighted by Gasteiger charge is 2.36. The summed E-state index contributed by atoms with van der Waals surface area (Å²) in [5, 5.41) is 3.29. The van der Waals surface area contributed by atoms with Crippen LogP contribution in [0, 0.1) is 11.7 Å². The SMILES string of the molecule is COc1ccc2c(c1)OC(C)(C)C[C@H]2NC(=O)C1CCN(Cc2ccc(F)cc2)CC1. The highest BCUT2D eigenvalue weighted by atomic mass is 19.1. The molecule has 1 N–H and O–H groups in total. The molecule has 0 radical (unpaired) electrons. The first-order valence-corrected chi connectivity index (χ1v) is 11.0. The Hall–Kier alpha value is -2.60. The molecular weight excluding hydrogens is 395 g/mol. The highest BCUT2D eigenvalue weighted by Crippen LogP contribution is 2.41. The van der Waals surface area contributed by atoms with Gasteiger partial charge in [0.25, 0.3) is 0 Å². The van der Waals surface area contributed by atoms with Crippen molar-refractivity contribution in [3.8, 4) is 11.5 Å². The third-order valence-corrected chi connectivity index (χ3v) is 6.27. The minimum Gasteiger partial charge on any atom is -0.497 e. The number of methoxy groups -OCH3 is 1. The van der Waals surface area contributed by atoms with Crippen molar-refractivity contribution in [1.82, 2.24) is 10.2 Å². The summed E-state index contributed by atoms with van der Waals surface area (Å²) in [5.74, 6) is 1.43. The highest BCUT2D eigenvalue weighted by molar-refractivity contribution is 5.79. The van der Waals surface area contributed by atoms with Crippen molar-refractivity contribution < 1.29 is 18.7 Å². The predicted molar refractivity (Wildman–Crippen MR) is 118 cm³/mol. The van der Waals surface area contributed by atoms with E-state index in [0.29, 0.717) is 0 Å². The smallest absolute Gasteiger partial charge is 0.223 e. The standard InChI is InChI=1S/C25H31FN2O3/c1-25(2)15-22(21-9-8-20(30-3)14-23(21)31-25)27-24(29)18-10-12-28(13-11-18)16-17-4-6-19(26)7-5-17/h4-9,14,18,22H,10-13,15-16H2,1-3H3,(H,27,29)/t22-/m1/s1. The van der Waals surface area contributed by atoms with Crippen LogP contribution in [0.15, 0.2) is 42.5 Å². The number of nitrogens with one attached hydrogen (secondary N) is 1. The number of ether oxygens (including phenoxy) is 2. The molecular formula is C25H31FN2O3. The van der Waals surface area contributed by atoms with E-state index in [1.807, 2.05) is 44.2 Å². The summed E-state index contributed by atoms with van der Waals surface area (Å²) < 4.78 is 24.6. The second kappa shape index (κ2) is 8.87. The van der Waals surface area contributed by atoms with Gasteiger partial charge in [0.1, 0.15) is 22.9 Å². The summed E-state index contributed by atoms with van der Waals surface area (Å²) in [7, 11) is 1.64. The van der Waals surface area contributed by atoms with Gasteiger partial charge in [-0.05, 0) is 69.6 Å². The fourth-order valence-electron chi connectivity index (χ4n) is 4.58. The summed E-state index contributed by atoms with van der Waals surface area (Å²) in [6, 6.07) is 12.4. The second-order valence-electron chi connectivity index (χ2n) is 9.21. The van der Waals surface area contributed by atoms with Crippen LogP contribution in [0.2, 0.25) is 0 Å². The Morgan fingerprint density at radius 2 is 1.90 bits per heavy atom. The Kier molecular flexibility index (Phi) is 6.19. The van der Waals surface area contributed by atoms with Crippen LogP contribution in [-0.2, 0) is 11.3 Å². The molecule has 2 aliphatic heterocycles. The zero-order valence-corrected chi connectivity index (χ0v) is 18.5. The van der Waals surface area contributed by atoms with Gasteiger partial charge in [-0.15, -0.1) is 0 Å². The molecule has 1 amide bonds. The number of benzene rings is 2. The van der Waals surface area contributed by atoms with Crippen LogP contribution in [0.3, 0.4) is 0 Å². The summed E-state index contributed by atoms with van der Waals surface area (Å²) in [6.45, 7) is 6.61. The average molecular weight is 427 g/mol. The van der Waals surface area contributed by atoms with Crippen molar-refractivity contribution in [2.24, 2.45) is 5.92 Å². The number of hydrogen-bond acceptors (Lipinski definition) is 4. The topological polar surface area (TPSA) is 50.8 Å². The summed E-state index contributed by atoms with van der Waals surface area (Å²) >= 11 is 0. The van der Waals surface area contributed by atoms with Crippen LogP contribution in [0.5, 0.6) is 11.5 Å². The first-order chi connectivity index (χ1) is 14.8. The van der Waals surface area contributed by atoms with E-state index in [4.69, 9.17) is 9.47 Å². The van der Waals surface area contributed by atoms with Gasteiger partial charge in [-0.2, -0.15) is 0 Å². The molecule has 0 aromatic heterocycles. The molecule has 0 bridgehead atoms. The molecule has 31 heavy (non-hydrogen) atoms. The molecule has 2 aliphatic rings. The maximum atomic E-state index is 13.1. The third-order valence-electron chi connectivity index (χ3n) is 6.27. The number of nitrogens with zero attached hydrogens (tertiary/aromatic N) is 1. The molecule has 2 heterocycles. The van der Waals surface area contributed by atoms with E-state index in [1.54, 1.807) is 7.11 Å². The van der Waals surface area contributed by atoms with E-state index in [-0.39, 0.29) is 29.3 Å². The number of amides is 1. The zero-order chi connectivity index (χ0) is 22.0. The number of hydrogen-bond donors (Lipinski definition) is 1. The van der Waals surface area contributed by atoms with Crippen molar-refractivity contribution in [3.05, 3.63) is 59.4 Å². The van der Waals surface area contributed by atoms with E-state index in [2.05, 4.69) is 10.2 Å². The molecule has 2 aromatic rings. The minimum absolute atomic E-state index is 0.0112. The van der Waals surface area contributed by atoms with Crippen LogP contribution in [-0.4, -0.2) is 36.6 Å². The Morgan fingerprint density at radius 1 is 1.19 bits per heavy atom. The average Bonchev–Trinajstić information content (AvgIpc) is 2.74. The summed E-state index contributed by atoms with van der Waals surface area (Å²) in [4.78, 5) is 15.4. The number of carbonyl (C=O) groups is 1. The predicted octanol–water partition coefficient (Wildman–Crippen LogP) is 4.46. The quantitative estimate of drug-likeness (QED) is 0.767. The van der Waals surface area contributed by atoms with Gasteiger partial charge in [0.05, 0.1) is 13.2 Å². The largest absolute Gasteiger partial charge is 0.497 e. The van der Waals surface area contributed by atoms with E-state index in [0.717, 1.165) is 61.5 Å². The molecule has 2 aromatic carbocycles. The molecule has 166 valence electrons. The van der Waals surface area contributed by atoms with Gasteiger partial charge in [-0.3, -0.25) is 9.69 Å². The Balaban J connectivity index is 1.36. The number of fused-ring (bicyclic) bond motifs is 1. The molecule has 4 rings (SSSR count). The molecule has 5 nitrogen and oxygen atoms in total. The molecule has 0 saturated carbocycles. The van der Waals surface area contributed by atoms with Gasteiger partial charge in [0.15, 0.2) is 0 Å². The van der Waals surface area contributed by atoms with Crippen molar-refractivity contribution in [2.75, 3.05) is 20.2 Å². The monoisotopic (exact) mass is 426 g/mol. The van der Waals surface area contributed by atoms with Gasteiger partial charge in [0.2, 0.25) is 5.91 Å². The Bertz CT molecular complexity index is 921. The lowest BCUT2D eigenvalue weighted by Crippen LogP contribution is -2.45. The number of halogens is 1. The maximum absolute atomic E-state index is 13.1. The summed E-state index contributed by atoms with van der Waals surface area (Å²) in [6.07, 6.45) is 2.38. The van der Waals surface area contributed by atoms with Crippen molar-refractivity contribution >= 4 is 5.91 Å². The van der Waals surface area contributed by atoms with Gasteiger partial charge in [0, 0.05) is 30.5 Å². The van der Waals surface area contributed by atoms with E-state index in [9.17, 15) is 9.18 Å². The molecule has 0 spiro atoms. The number of piperidine rings is 1. The van der Waals surface area contributed by atoms with Gasteiger partial charge < -0.3 is 14.8 Å². The second-order valence-corrected chi connectivity index (χ2v) is 9.21. The molecule has 1 saturated heterocycles. The molecule has 0 aliphatic carbocycles. The van der Waals surface area contributed by atoms with Crippen LogP contribution in [0.4, 0.5) is 4.39 Å². The number of likely N-dealkylation sites (tertiary alicyclic amines) is 1. The lowest BCUT2D eigenvalue weighted by molar-refractivity contribution is -0.127. The molecule has 0 unspecified atom stereocenters. The van der Waals surface area contributed by atoms with Crippen LogP contribution < -0.4 is 14.8 Å². The van der Waals surface area contributed by atoms with Crippen molar-refractivity contribution in [2.45, 2.75) is 51.3 Å². The zero-order valence-electron chi connectivity index (χ0n) is 18.5. The molecule has 1 atom stereocenters. The van der Waals surface area contributed by atoms with Crippen LogP contribution in [0.1, 0.15) is 50.3 Å². The molecule has 6 heteroatoms. The van der Waals surface area contributed by atoms with Crippen molar-refractivity contribution in [3.63, 3.8) is 0 Å². The van der Waals surface area contributed by atoms with Gasteiger partial charge in [-0.1, -0.05) is 12.1 Å². The lowest BCUT2D eigenvalue weighted by Gasteiger charge is -2.39. The minimum atomic E-state index is -0.365. The Labute approximate surface area is 183 Å². The molecule has 1 fully saturated rings.